The number of hydrogen-bond acceptors (Lipinski definition) is 4. The molecule has 0 aliphatic carbocycles. The number of nitrogens with one attached hydrogen (secondary N) is 1. The number of sulfone groups is 1. The van der Waals surface area contributed by atoms with Gasteiger partial charge in [-0.2, -0.15) is 0 Å². The minimum absolute atomic E-state index is 0.0844. The Bertz CT molecular complexity index is 414. The molecule has 0 spiro atoms. The normalized spacial score (nSPS) is 14.1. The minimum Gasteiger partial charge on any atom is -0.309 e. The molecule has 1 heterocycles. The predicted molar refractivity (Wildman–Crippen MR) is 65.5 cm³/mol. The first-order valence-electron chi connectivity index (χ1n) is 4.58. The van der Waals surface area contributed by atoms with Crippen molar-refractivity contribution in [2.75, 3.05) is 18.6 Å². The van der Waals surface area contributed by atoms with Gasteiger partial charge in [-0.1, -0.05) is 18.5 Å². The lowest BCUT2D eigenvalue weighted by atomic mass is 10.3. The number of thiophene rings is 1. The maximum Gasteiger partial charge on any atom is 0.149 e. The largest absolute Gasteiger partial charge is 0.309 e. The molecular weight excluding hydrogens is 254 g/mol. The highest BCUT2D eigenvalue weighted by molar-refractivity contribution is 7.90. The maximum atomic E-state index is 11.2. The van der Waals surface area contributed by atoms with Crippen LogP contribution in [0.2, 0.25) is 5.02 Å². The van der Waals surface area contributed by atoms with Crippen LogP contribution in [0.5, 0.6) is 0 Å². The highest BCUT2D eigenvalue weighted by Gasteiger charge is 2.19. The smallest absolute Gasteiger partial charge is 0.149 e. The fraction of sp³-hybridized carbons (Fsp3) is 0.556. The van der Waals surface area contributed by atoms with Gasteiger partial charge in [0.1, 0.15) is 9.84 Å². The monoisotopic (exact) mass is 267 g/mol. The van der Waals surface area contributed by atoms with Crippen molar-refractivity contribution in [2.24, 2.45) is 0 Å². The topological polar surface area (TPSA) is 46.2 Å². The lowest BCUT2D eigenvalue weighted by Crippen LogP contribution is -2.27. The van der Waals surface area contributed by atoms with E-state index in [0.717, 1.165) is 4.88 Å². The van der Waals surface area contributed by atoms with Crippen LogP contribution < -0.4 is 5.32 Å². The molecule has 86 valence electrons. The van der Waals surface area contributed by atoms with Crippen LogP contribution in [0, 0.1) is 0 Å². The molecule has 1 N–H and O–H groups in total. The van der Waals surface area contributed by atoms with Crippen molar-refractivity contribution >= 4 is 32.8 Å². The average Bonchev–Trinajstić information content (AvgIpc) is 2.48. The van der Waals surface area contributed by atoms with E-state index in [4.69, 9.17) is 11.6 Å². The van der Waals surface area contributed by atoms with E-state index in [9.17, 15) is 8.42 Å². The molecule has 0 aliphatic rings. The van der Waals surface area contributed by atoms with Crippen molar-refractivity contribution in [1.82, 2.24) is 5.32 Å². The third kappa shape index (κ3) is 4.10. The molecule has 1 aromatic rings. The van der Waals surface area contributed by atoms with Crippen molar-refractivity contribution in [3.05, 3.63) is 21.3 Å². The van der Waals surface area contributed by atoms with E-state index in [1.54, 1.807) is 6.07 Å². The van der Waals surface area contributed by atoms with E-state index < -0.39 is 9.84 Å². The summed E-state index contributed by atoms with van der Waals surface area (Å²) in [5.41, 5.74) is 0. The quantitative estimate of drug-likeness (QED) is 0.889. The van der Waals surface area contributed by atoms with E-state index in [1.165, 1.54) is 17.6 Å². The first-order chi connectivity index (χ1) is 6.94. The zero-order valence-corrected chi connectivity index (χ0v) is 11.0. The Hall–Kier alpha value is -0.100. The summed E-state index contributed by atoms with van der Waals surface area (Å²) in [5, 5.41) is 5.63. The summed E-state index contributed by atoms with van der Waals surface area (Å²) in [6.45, 7) is 2.66. The molecule has 0 fully saturated rings. The summed E-state index contributed by atoms with van der Waals surface area (Å²) in [7, 11) is -3.00. The highest BCUT2D eigenvalue weighted by Crippen LogP contribution is 2.29. The van der Waals surface area contributed by atoms with Crippen LogP contribution in [0.4, 0.5) is 0 Å². The zero-order chi connectivity index (χ0) is 11.5. The number of rotatable bonds is 5. The predicted octanol–water partition coefficient (Wildman–Crippen LogP) is 2.10. The van der Waals surface area contributed by atoms with E-state index >= 15 is 0 Å². The van der Waals surface area contributed by atoms with Crippen molar-refractivity contribution in [3.63, 3.8) is 0 Å². The van der Waals surface area contributed by atoms with Crippen molar-refractivity contribution in [2.45, 2.75) is 13.0 Å². The number of hydrogen-bond donors (Lipinski definition) is 1. The first kappa shape index (κ1) is 13.0. The van der Waals surface area contributed by atoms with Crippen LogP contribution in [0.1, 0.15) is 17.8 Å². The molecule has 0 saturated heterocycles. The van der Waals surface area contributed by atoms with Crippen LogP contribution >= 0.6 is 22.9 Å². The standard InChI is InChI=1S/C9H14ClNO2S2/c1-3-11-8(6-15(2,12)13)9-7(10)4-5-14-9/h4-5,8,11H,3,6H2,1-2H3. The summed E-state index contributed by atoms with van der Waals surface area (Å²) in [6, 6.07) is 1.59. The van der Waals surface area contributed by atoms with E-state index in [2.05, 4.69) is 5.32 Å². The Morgan fingerprint density at radius 3 is 2.67 bits per heavy atom. The van der Waals surface area contributed by atoms with Gasteiger partial charge in [0, 0.05) is 11.1 Å². The van der Waals surface area contributed by atoms with Crippen molar-refractivity contribution in [3.8, 4) is 0 Å². The maximum absolute atomic E-state index is 11.2. The molecule has 6 heteroatoms. The van der Waals surface area contributed by atoms with Crippen molar-refractivity contribution in [1.29, 1.82) is 0 Å². The Labute approximate surface area is 99.4 Å². The van der Waals surface area contributed by atoms with Gasteiger partial charge in [0.15, 0.2) is 0 Å². The molecule has 1 unspecified atom stereocenters. The SMILES string of the molecule is CCNC(CS(C)(=O)=O)c1sccc1Cl. The van der Waals surface area contributed by atoms with E-state index in [1.807, 2.05) is 12.3 Å². The van der Waals surface area contributed by atoms with Crippen LogP contribution in [0.15, 0.2) is 11.4 Å². The lowest BCUT2D eigenvalue weighted by molar-refractivity contribution is 0.567. The van der Waals surface area contributed by atoms with Gasteiger partial charge in [0.05, 0.1) is 16.8 Å². The van der Waals surface area contributed by atoms with Gasteiger partial charge < -0.3 is 5.32 Å². The molecule has 1 rings (SSSR count). The Kier molecular flexibility index (Phi) is 4.58. The van der Waals surface area contributed by atoms with Crippen LogP contribution in [0.25, 0.3) is 0 Å². The molecule has 0 radical (unpaired) electrons. The average molecular weight is 268 g/mol. The fourth-order valence-corrected chi connectivity index (χ4v) is 3.59. The summed E-state index contributed by atoms with van der Waals surface area (Å²) in [6.07, 6.45) is 1.23. The molecular formula is C9H14ClNO2S2. The van der Waals surface area contributed by atoms with Gasteiger partial charge in [0.2, 0.25) is 0 Å². The molecule has 3 nitrogen and oxygen atoms in total. The molecule has 1 atom stereocenters. The molecule has 0 aliphatic heterocycles. The van der Waals surface area contributed by atoms with Gasteiger partial charge in [-0.25, -0.2) is 8.42 Å². The van der Waals surface area contributed by atoms with Gasteiger partial charge in [0.25, 0.3) is 0 Å². The van der Waals surface area contributed by atoms with Crippen molar-refractivity contribution < 1.29 is 8.42 Å². The van der Waals surface area contributed by atoms with Crippen LogP contribution in [0.3, 0.4) is 0 Å². The van der Waals surface area contributed by atoms with Gasteiger partial charge in [-0.15, -0.1) is 11.3 Å². The second-order valence-corrected chi connectivity index (χ2v) is 6.88. The third-order valence-electron chi connectivity index (χ3n) is 1.88. The molecule has 1 aromatic heterocycles. The second kappa shape index (κ2) is 5.30. The lowest BCUT2D eigenvalue weighted by Gasteiger charge is -2.15. The second-order valence-electron chi connectivity index (χ2n) is 3.34. The van der Waals surface area contributed by atoms with Gasteiger partial charge in [-0.3, -0.25) is 0 Å². The van der Waals surface area contributed by atoms with Gasteiger partial charge in [-0.05, 0) is 18.0 Å². The summed E-state index contributed by atoms with van der Waals surface area (Å²) < 4.78 is 22.5. The van der Waals surface area contributed by atoms with Gasteiger partial charge >= 0.3 is 0 Å². The van der Waals surface area contributed by atoms with Crippen LogP contribution in [-0.2, 0) is 9.84 Å². The van der Waals surface area contributed by atoms with E-state index in [0.29, 0.717) is 11.6 Å². The van der Waals surface area contributed by atoms with Crippen LogP contribution in [-0.4, -0.2) is 27.0 Å². The fourth-order valence-electron chi connectivity index (χ4n) is 1.33. The summed E-state index contributed by atoms with van der Waals surface area (Å²) in [5.74, 6) is 0.0844. The molecule has 0 aromatic carbocycles. The molecule has 15 heavy (non-hydrogen) atoms. The molecule has 0 bridgehead atoms. The Morgan fingerprint density at radius 1 is 1.60 bits per heavy atom. The number of halogens is 1. The highest BCUT2D eigenvalue weighted by atomic mass is 35.5. The Balaban J connectivity index is 2.88. The minimum atomic E-state index is -3.00. The first-order valence-corrected chi connectivity index (χ1v) is 7.90. The zero-order valence-electron chi connectivity index (χ0n) is 8.66. The van der Waals surface area contributed by atoms with E-state index in [-0.39, 0.29) is 11.8 Å². The molecule has 0 saturated carbocycles. The Morgan fingerprint density at radius 2 is 2.27 bits per heavy atom. The third-order valence-corrected chi connectivity index (χ3v) is 4.29. The summed E-state index contributed by atoms with van der Waals surface area (Å²) >= 11 is 7.45. The molecule has 0 amide bonds. The summed E-state index contributed by atoms with van der Waals surface area (Å²) in [4.78, 5) is 0.893.